The van der Waals surface area contributed by atoms with Crippen LogP contribution in [0.3, 0.4) is 0 Å². The quantitative estimate of drug-likeness (QED) is 0.854. The molecule has 2 amide bonds. The summed E-state index contributed by atoms with van der Waals surface area (Å²) in [4.78, 5) is 26.1. The monoisotopic (exact) mass is 358 g/mol. The van der Waals surface area contributed by atoms with Crippen LogP contribution in [0.2, 0.25) is 0 Å². The molecule has 0 bridgehead atoms. The summed E-state index contributed by atoms with van der Waals surface area (Å²) < 4.78 is 15.7. The van der Waals surface area contributed by atoms with E-state index in [1.807, 2.05) is 12.1 Å². The molecular formula is C19H22N2O5. The molecule has 1 aliphatic rings. The molecule has 2 heterocycles. The number of rotatable bonds is 6. The predicted molar refractivity (Wildman–Crippen MR) is 94.3 cm³/mol. The lowest BCUT2D eigenvalue weighted by Crippen LogP contribution is -2.38. The molecule has 0 radical (unpaired) electrons. The predicted octanol–water partition coefficient (Wildman–Crippen LogP) is 2.00. The number of methoxy groups -OCH3 is 2. The maximum atomic E-state index is 12.4. The van der Waals surface area contributed by atoms with Crippen molar-refractivity contribution in [3.63, 3.8) is 0 Å². The molecule has 138 valence electrons. The summed E-state index contributed by atoms with van der Waals surface area (Å²) in [7, 11) is 3.21. The minimum Gasteiger partial charge on any atom is -0.493 e. The van der Waals surface area contributed by atoms with Crippen LogP contribution < -0.4 is 14.8 Å². The molecule has 0 saturated heterocycles. The number of hydrogen-bond donors (Lipinski definition) is 1. The maximum Gasteiger partial charge on any atom is 0.286 e. The Morgan fingerprint density at radius 2 is 1.92 bits per heavy atom. The minimum atomic E-state index is -0.316. The van der Waals surface area contributed by atoms with E-state index in [1.165, 1.54) is 6.26 Å². The zero-order chi connectivity index (χ0) is 18.5. The molecular weight excluding hydrogens is 336 g/mol. The lowest BCUT2D eigenvalue weighted by atomic mass is 9.98. The third-order valence-corrected chi connectivity index (χ3v) is 4.44. The van der Waals surface area contributed by atoms with Gasteiger partial charge in [-0.3, -0.25) is 9.59 Å². The molecule has 1 N–H and O–H groups in total. The van der Waals surface area contributed by atoms with Gasteiger partial charge in [0.05, 0.1) is 20.5 Å². The number of fused-ring (bicyclic) bond motifs is 1. The normalized spacial score (nSPS) is 13.1. The zero-order valence-electron chi connectivity index (χ0n) is 14.9. The number of furan rings is 1. The Bertz CT molecular complexity index is 785. The Kier molecular flexibility index (Phi) is 5.46. The van der Waals surface area contributed by atoms with Crippen LogP contribution in [-0.2, 0) is 17.8 Å². The molecule has 2 aromatic rings. The van der Waals surface area contributed by atoms with E-state index in [-0.39, 0.29) is 30.5 Å². The van der Waals surface area contributed by atoms with Crippen LogP contribution in [0.4, 0.5) is 0 Å². The van der Waals surface area contributed by atoms with E-state index in [0.717, 1.165) is 17.5 Å². The Hall–Kier alpha value is -2.96. The fraction of sp³-hybridized carbons (Fsp3) is 0.368. The van der Waals surface area contributed by atoms with Crippen molar-refractivity contribution < 1.29 is 23.5 Å². The van der Waals surface area contributed by atoms with Crippen molar-refractivity contribution in [2.75, 3.05) is 27.3 Å². The molecule has 0 spiro atoms. The molecule has 0 saturated carbocycles. The standard InChI is InChI=1S/C19H22N2O5/c1-24-16-10-13-6-8-21(12-14(13)11-17(16)25-2)18(22)5-7-20-19(23)15-4-3-9-26-15/h3-4,9-11H,5-8,12H2,1-2H3,(H,20,23). The molecule has 1 aliphatic heterocycles. The van der Waals surface area contributed by atoms with Gasteiger partial charge in [0.2, 0.25) is 5.91 Å². The van der Waals surface area contributed by atoms with E-state index < -0.39 is 0 Å². The van der Waals surface area contributed by atoms with E-state index in [0.29, 0.717) is 24.6 Å². The largest absolute Gasteiger partial charge is 0.493 e. The summed E-state index contributed by atoms with van der Waals surface area (Å²) in [6, 6.07) is 7.13. The molecule has 0 unspecified atom stereocenters. The van der Waals surface area contributed by atoms with Crippen molar-refractivity contribution in [3.8, 4) is 11.5 Å². The summed E-state index contributed by atoms with van der Waals surface area (Å²) in [5.74, 6) is 1.29. The first-order valence-corrected chi connectivity index (χ1v) is 8.45. The number of benzene rings is 1. The van der Waals surface area contributed by atoms with Gasteiger partial charge in [-0.15, -0.1) is 0 Å². The molecule has 1 aromatic carbocycles. The first kappa shape index (κ1) is 17.8. The van der Waals surface area contributed by atoms with Crippen molar-refractivity contribution in [1.82, 2.24) is 10.2 Å². The van der Waals surface area contributed by atoms with Gasteiger partial charge in [0.1, 0.15) is 0 Å². The van der Waals surface area contributed by atoms with Crippen molar-refractivity contribution in [1.29, 1.82) is 0 Å². The fourth-order valence-corrected chi connectivity index (χ4v) is 3.03. The van der Waals surface area contributed by atoms with Crippen molar-refractivity contribution >= 4 is 11.8 Å². The number of amides is 2. The van der Waals surface area contributed by atoms with Gasteiger partial charge in [-0.1, -0.05) is 0 Å². The Morgan fingerprint density at radius 3 is 2.58 bits per heavy atom. The van der Waals surface area contributed by atoms with Crippen LogP contribution in [-0.4, -0.2) is 44.0 Å². The molecule has 7 nitrogen and oxygen atoms in total. The topological polar surface area (TPSA) is 81.0 Å². The molecule has 3 rings (SSSR count). The van der Waals surface area contributed by atoms with Crippen LogP contribution in [0.25, 0.3) is 0 Å². The van der Waals surface area contributed by atoms with Crippen LogP contribution >= 0.6 is 0 Å². The molecule has 0 atom stereocenters. The number of nitrogens with zero attached hydrogens (tertiary/aromatic N) is 1. The van der Waals surface area contributed by atoms with Gasteiger partial charge >= 0.3 is 0 Å². The molecule has 7 heteroatoms. The van der Waals surface area contributed by atoms with Gasteiger partial charge in [0.15, 0.2) is 17.3 Å². The third-order valence-electron chi connectivity index (χ3n) is 4.44. The lowest BCUT2D eigenvalue weighted by Gasteiger charge is -2.29. The number of nitrogens with one attached hydrogen (secondary N) is 1. The summed E-state index contributed by atoms with van der Waals surface area (Å²) in [6.07, 6.45) is 2.45. The Labute approximate surface area is 151 Å². The first-order valence-electron chi connectivity index (χ1n) is 8.45. The maximum absolute atomic E-state index is 12.4. The van der Waals surface area contributed by atoms with Gasteiger partial charge in [-0.05, 0) is 41.8 Å². The number of carbonyl (C=O) groups is 2. The first-order chi connectivity index (χ1) is 12.6. The van der Waals surface area contributed by atoms with Crippen molar-refractivity contribution in [2.24, 2.45) is 0 Å². The van der Waals surface area contributed by atoms with Gasteiger partial charge in [0.25, 0.3) is 5.91 Å². The van der Waals surface area contributed by atoms with Gasteiger partial charge in [-0.2, -0.15) is 0 Å². The Morgan fingerprint density at radius 1 is 1.19 bits per heavy atom. The highest BCUT2D eigenvalue weighted by molar-refractivity contribution is 5.91. The highest BCUT2D eigenvalue weighted by atomic mass is 16.5. The van der Waals surface area contributed by atoms with Crippen LogP contribution in [0, 0.1) is 0 Å². The molecule has 0 aliphatic carbocycles. The SMILES string of the molecule is COc1cc2c(cc1OC)CN(C(=O)CCNC(=O)c1ccco1)CC2. The average molecular weight is 358 g/mol. The van der Waals surface area contributed by atoms with Crippen molar-refractivity contribution in [3.05, 3.63) is 47.4 Å². The lowest BCUT2D eigenvalue weighted by molar-refractivity contribution is -0.131. The fourth-order valence-electron chi connectivity index (χ4n) is 3.03. The summed E-state index contributed by atoms with van der Waals surface area (Å²) in [6.45, 7) is 1.45. The molecule has 26 heavy (non-hydrogen) atoms. The van der Waals surface area contributed by atoms with Crippen LogP contribution in [0.15, 0.2) is 34.9 Å². The van der Waals surface area contributed by atoms with Crippen molar-refractivity contribution in [2.45, 2.75) is 19.4 Å². The van der Waals surface area contributed by atoms with E-state index in [4.69, 9.17) is 13.9 Å². The smallest absolute Gasteiger partial charge is 0.286 e. The third kappa shape index (κ3) is 3.82. The Balaban J connectivity index is 1.56. The average Bonchev–Trinajstić information content (AvgIpc) is 3.21. The van der Waals surface area contributed by atoms with Gasteiger partial charge in [0, 0.05) is 26.1 Å². The summed E-state index contributed by atoms with van der Waals surface area (Å²) >= 11 is 0. The highest BCUT2D eigenvalue weighted by Crippen LogP contribution is 2.33. The van der Waals surface area contributed by atoms with Gasteiger partial charge in [-0.25, -0.2) is 0 Å². The van der Waals surface area contributed by atoms with Crippen LogP contribution in [0.1, 0.15) is 28.1 Å². The summed E-state index contributed by atoms with van der Waals surface area (Å²) in [5, 5.41) is 2.69. The number of ether oxygens (including phenoxy) is 2. The second-order valence-electron chi connectivity index (χ2n) is 6.02. The van der Waals surface area contributed by atoms with Crippen LogP contribution in [0.5, 0.6) is 11.5 Å². The minimum absolute atomic E-state index is 0.00480. The van der Waals surface area contributed by atoms with E-state index in [2.05, 4.69) is 5.32 Å². The number of carbonyl (C=O) groups excluding carboxylic acids is 2. The molecule has 1 aromatic heterocycles. The molecule has 0 fully saturated rings. The van der Waals surface area contributed by atoms with Gasteiger partial charge < -0.3 is 24.1 Å². The number of hydrogen-bond acceptors (Lipinski definition) is 5. The van der Waals surface area contributed by atoms with E-state index in [1.54, 1.807) is 31.3 Å². The highest BCUT2D eigenvalue weighted by Gasteiger charge is 2.22. The van der Waals surface area contributed by atoms with E-state index >= 15 is 0 Å². The second kappa shape index (κ2) is 7.95. The second-order valence-corrected chi connectivity index (χ2v) is 6.02. The summed E-state index contributed by atoms with van der Waals surface area (Å²) in [5.41, 5.74) is 2.22. The van der Waals surface area contributed by atoms with E-state index in [9.17, 15) is 9.59 Å². The zero-order valence-corrected chi connectivity index (χ0v) is 14.9.